The van der Waals surface area contributed by atoms with Crippen molar-refractivity contribution in [2.75, 3.05) is 24.3 Å². The molecule has 0 aliphatic carbocycles. The number of aliphatic imine (C=N–C) groups is 3. The van der Waals surface area contributed by atoms with Crippen LogP contribution in [0, 0.1) is 0 Å². The number of carbonyl (C=O) groups is 1. The Morgan fingerprint density at radius 1 is 0.914 bits per heavy atom. The smallest absolute Gasteiger partial charge is 0.272 e. The van der Waals surface area contributed by atoms with E-state index in [0.29, 0.717) is 11.6 Å². The normalized spacial score (nSPS) is 30.5. The van der Waals surface area contributed by atoms with Gasteiger partial charge in [0.05, 0.1) is 15.1 Å². The maximum atomic E-state index is 11.9. The number of nitrogens with one attached hydrogen (secondary N) is 1. The van der Waals surface area contributed by atoms with Gasteiger partial charge in [-0.05, 0) is 32.4 Å². The highest BCUT2D eigenvalue weighted by Crippen LogP contribution is 2.45. The molecule has 1 N–H and O–H groups in total. The van der Waals surface area contributed by atoms with Gasteiger partial charge < -0.3 is 9.73 Å². The number of oxazole rings is 1. The lowest BCUT2D eigenvalue weighted by molar-refractivity contribution is 0.0958. The van der Waals surface area contributed by atoms with Crippen molar-refractivity contribution in [2.24, 2.45) is 15.0 Å². The molecule has 182 valence electrons. The summed E-state index contributed by atoms with van der Waals surface area (Å²) in [7, 11) is 1.57. The molecule has 1 amide bonds. The van der Waals surface area contributed by atoms with Crippen LogP contribution in [0.5, 0.6) is 0 Å². The zero-order chi connectivity index (χ0) is 24.7. The fraction of sp³-hybridized carbons (Fsp3) is 0.400. The monoisotopic (exact) mass is 525 g/mol. The predicted molar refractivity (Wildman–Crippen MR) is 149 cm³/mol. The van der Waals surface area contributed by atoms with Crippen molar-refractivity contribution in [3.8, 4) is 0 Å². The fourth-order valence-electron chi connectivity index (χ4n) is 3.97. The molecule has 0 fully saturated rings. The van der Waals surface area contributed by atoms with Crippen molar-refractivity contribution >= 4 is 62.4 Å². The van der Waals surface area contributed by atoms with Gasteiger partial charge in [-0.25, -0.2) is 4.98 Å². The topological polar surface area (TPSA) is 92.2 Å². The average molecular weight is 526 g/mol. The van der Waals surface area contributed by atoms with E-state index in [1.54, 1.807) is 42.3 Å². The minimum absolute atomic E-state index is 0.266. The molecule has 0 spiro atoms. The van der Waals surface area contributed by atoms with Crippen LogP contribution in [0.1, 0.15) is 42.7 Å². The first-order chi connectivity index (χ1) is 16.7. The lowest BCUT2D eigenvalue weighted by atomic mass is 10.0. The van der Waals surface area contributed by atoms with Gasteiger partial charge in [0.2, 0.25) is 5.89 Å². The number of carbonyl (C=O) groups excluding carboxylic acids is 1. The highest BCUT2D eigenvalue weighted by molar-refractivity contribution is 8.17. The second kappa shape index (κ2) is 9.29. The van der Waals surface area contributed by atoms with Crippen molar-refractivity contribution in [1.29, 1.82) is 0 Å². The summed E-state index contributed by atoms with van der Waals surface area (Å²) in [5, 5.41) is 5.64. The fourth-order valence-corrected chi connectivity index (χ4v) is 7.83. The minimum atomic E-state index is -0.626. The molecular formula is C25H27N5O2S3. The molecule has 0 saturated heterocycles. The van der Waals surface area contributed by atoms with Gasteiger partial charge >= 0.3 is 0 Å². The Kier molecular flexibility index (Phi) is 6.48. The third-order valence-electron chi connectivity index (χ3n) is 6.10. The highest BCUT2D eigenvalue weighted by atomic mass is 32.2. The summed E-state index contributed by atoms with van der Waals surface area (Å²) in [4.78, 5) is 31.5. The van der Waals surface area contributed by atoms with Gasteiger partial charge in [0.1, 0.15) is 22.9 Å². The summed E-state index contributed by atoms with van der Waals surface area (Å²) in [5.41, 5.74) is 0.0598. The number of amides is 1. The molecule has 1 aromatic carbocycles. The van der Waals surface area contributed by atoms with Crippen molar-refractivity contribution < 1.29 is 9.21 Å². The van der Waals surface area contributed by atoms with Crippen LogP contribution in [-0.4, -0.2) is 61.4 Å². The average Bonchev–Trinajstić information content (AvgIpc) is 3.65. The van der Waals surface area contributed by atoms with Crippen molar-refractivity contribution in [1.82, 2.24) is 10.3 Å². The van der Waals surface area contributed by atoms with Crippen LogP contribution >= 0.6 is 35.3 Å². The number of thioether (sulfide) groups is 3. The second-order valence-corrected chi connectivity index (χ2v) is 12.3. The summed E-state index contributed by atoms with van der Waals surface area (Å²) in [5.74, 6) is 2.58. The molecule has 2 aromatic rings. The van der Waals surface area contributed by atoms with Gasteiger partial charge in [-0.3, -0.25) is 19.8 Å². The lowest BCUT2D eigenvalue weighted by Gasteiger charge is -2.21. The summed E-state index contributed by atoms with van der Waals surface area (Å²) in [6.45, 7) is 6.30. The first kappa shape index (κ1) is 24.4. The van der Waals surface area contributed by atoms with E-state index < -0.39 is 11.1 Å². The van der Waals surface area contributed by atoms with Gasteiger partial charge in [0.25, 0.3) is 5.91 Å². The molecule has 0 unspecified atom stereocenters. The lowest BCUT2D eigenvalue weighted by Crippen LogP contribution is -2.33. The van der Waals surface area contributed by atoms with Gasteiger partial charge in [0.15, 0.2) is 5.69 Å². The van der Waals surface area contributed by atoms with Crippen LogP contribution in [0.3, 0.4) is 0 Å². The molecule has 7 nitrogen and oxygen atoms in total. The van der Waals surface area contributed by atoms with Crippen molar-refractivity contribution in [3.05, 3.63) is 59.8 Å². The van der Waals surface area contributed by atoms with E-state index in [0.717, 1.165) is 32.2 Å². The number of hydrogen-bond donors (Lipinski definition) is 1. The molecule has 1 aromatic heterocycles. The Morgan fingerprint density at radius 2 is 1.54 bits per heavy atom. The third-order valence-corrected chi connectivity index (χ3v) is 10.4. The van der Waals surface area contributed by atoms with E-state index in [9.17, 15) is 4.79 Å². The number of nitrogens with zero attached hydrogens (tertiary/aromatic N) is 4. The molecule has 4 heterocycles. The molecule has 5 rings (SSSR count). The SMILES string of the molecule is CNC(=O)c1coc([C@]2(C)CSC([C@]3(C)CSC([C@]4(C)CSC(/C=C/c5ccccc5)=N4)=N3)=N2)n1. The third kappa shape index (κ3) is 4.75. The number of aromatic nitrogens is 1. The van der Waals surface area contributed by atoms with Crippen LogP contribution in [0.25, 0.3) is 6.08 Å². The molecule has 0 radical (unpaired) electrons. The van der Waals surface area contributed by atoms with Crippen LogP contribution in [-0.2, 0) is 5.54 Å². The van der Waals surface area contributed by atoms with E-state index >= 15 is 0 Å². The second-order valence-electron chi connectivity index (χ2n) is 9.33. The summed E-state index contributed by atoms with van der Waals surface area (Å²) >= 11 is 5.24. The Morgan fingerprint density at radius 3 is 2.26 bits per heavy atom. The summed E-state index contributed by atoms with van der Waals surface area (Å²) in [6.07, 6.45) is 5.59. The molecule has 0 bridgehead atoms. The summed E-state index contributed by atoms with van der Waals surface area (Å²) in [6, 6.07) is 10.3. The quantitative estimate of drug-likeness (QED) is 0.576. The maximum Gasteiger partial charge on any atom is 0.272 e. The van der Waals surface area contributed by atoms with E-state index in [4.69, 9.17) is 19.4 Å². The first-order valence-electron chi connectivity index (χ1n) is 11.3. The van der Waals surface area contributed by atoms with Crippen LogP contribution < -0.4 is 5.32 Å². The first-order valence-corrected chi connectivity index (χ1v) is 14.3. The van der Waals surface area contributed by atoms with E-state index in [-0.39, 0.29) is 17.1 Å². The van der Waals surface area contributed by atoms with Crippen molar-refractivity contribution in [3.63, 3.8) is 0 Å². The molecule has 35 heavy (non-hydrogen) atoms. The largest absolute Gasteiger partial charge is 0.445 e. The van der Waals surface area contributed by atoms with E-state index in [1.807, 2.05) is 25.1 Å². The standard InChI is InChI=1S/C25H27N5O2S3/c1-23(20-27-17(12-32-20)19(31)26-4)13-34-22(29-23)25(3)15-35-21(30-25)24(2)14-33-18(28-24)11-10-16-8-6-5-7-9-16/h5-12H,13-15H2,1-4H3,(H,26,31)/b11-10+/t23-,24-,25-/m0/s1. The van der Waals surface area contributed by atoms with E-state index in [1.165, 1.54) is 6.26 Å². The van der Waals surface area contributed by atoms with Gasteiger partial charge in [-0.1, -0.05) is 36.4 Å². The Hall–Kier alpha value is -2.30. The zero-order valence-corrected chi connectivity index (χ0v) is 22.5. The number of hydrogen-bond acceptors (Lipinski definition) is 9. The van der Waals surface area contributed by atoms with E-state index in [2.05, 4.69) is 48.4 Å². The maximum absolute atomic E-state index is 11.9. The van der Waals surface area contributed by atoms with Gasteiger partial charge in [0, 0.05) is 24.3 Å². The summed E-state index contributed by atoms with van der Waals surface area (Å²) < 4.78 is 5.64. The number of rotatable bonds is 6. The Balaban J connectivity index is 1.35. The van der Waals surface area contributed by atoms with Crippen LogP contribution in [0.15, 0.2) is 62.1 Å². The van der Waals surface area contributed by atoms with Gasteiger partial charge in [-0.2, -0.15) is 0 Å². The Labute approximate surface area is 217 Å². The van der Waals surface area contributed by atoms with Crippen LogP contribution in [0.2, 0.25) is 0 Å². The number of benzene rings is 1. The molecule has 10 heteroatoms. The molecule has 3 aliphatic rings. The molecule has 3 aliphatic heterocycles. The molecular weight excluding hydrogens is 499 g/mol. The zero-order valence-electron chi connectivity index (χ0n) is 20.1. The molecule has 0 saturated carbocycles. The minimum Gasteiger partial charge on any atom is -0.445 e. The van der Waals surface area contributed by atoms with Gasteiger partial charge in [-0.15, -0.1) is 35.3 Å². The predicted octanol–water partition coefficient (Wildman–Crippen LogP) is 4.92. The molecule has 3 atom stereocenters. The van der Waals surface area contributed by atoms with Crippen LogP contribution in [0.4, 0.5) is 0 Å². The highest BCUT2D eigenvalue weighted by Gasteiger charge is 2.48. The Bertz CT molecular complexity index is 1270. The van der Waals surface area contributed by atoms with Crippen molar-refractivity contribution in [2.45, 2.75) is 37.4 Å².